The lowest BCUT2D eigenvalue weighted by Gasteiger charge is -2.41. The number of amides is 3. The van der Waals surface area contributed by atoms with Gasteiger partial charge in [-0.25, -0.2) is 4.79 Å². The summed E-state index contributed by atoms with van der Waals surface area (Å²) in [6, 6.07) is 1.86. The lowest BCUT2D eigenvalue weighted by molar-refractivity contribution is -0.138. The molecular weight excluding hydrogens is 571 g/mol. The highest BCUT2D eigenvalue weighted by Gasteiger charge is 2.49. The molecule has 2 heterocycles. The highest BCUT2D eigenvalue weighted by atomic mass is 35.5. The first-order chi connectivity index (χ1) is 19.3. The van der Waals surface area contributed by atoms with Gasteiger partial charge in [0.05, 0.1) is 16.6 Å². The SMILES string of the molecule is CCC(C)[C@H](NC(=O)O)C(=O)N[C@]1(C(=O)N[C@@H](C(C)CC)C2(C)N=NCO2)CCc2[nH]c3c(Cl)cc(Cl)cc3c2C1. The first-order valence-electron chi connectivity index (χ1n) is 14.0. The Morgan fingerprint density at radius 2 is 1.85 bits per heavy atom. The van der Waals surface area contributed by atoms with Crippen molar-refractivity contribution in [2.24, 2.45) is 22.1 Å². The minimum absolute atomic E-state index is 0.0276. The van der Waals surface area contributed by atoms with E-state index in [1.807, 2.05) is 20.8 Å². The zero-order valence-corrected chi connectivity index (χ0v) is 25.4. The number of ether oxygens (including phenoxy) is 1. The van der Waals surface area contributed by atoms with Gasteiger partial charge in [-0.15, -0.1) is 0 Å². The van der Waals surface area contributed by atoms with Crippen LogP contribution in [0.15, 0.2) is 22.4 Å². The average Bonchev–Trinajstić information content (AvgIpc) is 3.53. The van der Waals surface area contributed by atoms with Crippen molar-refractivity contribution < 1.29 is 24.2 Å². The summed E-state index contributed by atoms with van der Waals surface area (Å²) in [6.07, 6.45) is 0.821. The molecule has 5 N–H and O–H groups in total. The molecule has 1 aliphatic heterocycles. The molecule has 224 valence electrons. The van der Waals surface area contributed by atoms with Crippen LogP contribution < -0.4 is 16.0 Å². The summed E-state index contributed by atoms with van der Waals surface area (Å²) in [5.74, 6) is -1.32. The van der Waals surface area contributed by atoms with Crippen LogP contribution in [0.4, 0.5) is 4.79 Å². The topological polar surface area (TPSA) is 157 Å². The smallest absolute Gasteiger partial charge is 0.405 e. The van der Waals surface area contributed by atoms with Crippen LogP contribution in [-0.4, -0.2) is 58.1 Å². The molecule has 0 fully saturated rings. The minimum Gasteiger partial charge on any atom is -0.465 e. The van der Waals surface area contributed by atoms with Crippen molar-refractivity contribution in [1.29, 1.82) is 0 Å². The number of carboxylic acid groups (broad SMARTS) is 1. The van der Waals surface area contributed by atoms with Crippen LogP contribution in [0.1, 0.15) is 65.1 Å². The number of nitrogens with zero attached hydrogens (tertiary/aromatic N) is 2. The number of aromatic nitrogens is 1. The highest BCUT2D eigenvalue weighted by Crippen LogP contribution is 2.39. The molecule has 3 amide bonds. The Labute approximate surface area is 249 Å². The van der Waals surface area contributed by atoms with Gasteiger partial charge in [0.15, 0.2) is 12.5 Å². The number of carbonyl (C=O) groups excluding carboxylic acids is 2. The monoisotopic (exact) mass is 608 g/mol. The van der Waals surface area contributed by atoms with E-state index in [2.05, 4.69) is 31.2 Å². The van der Waals surface area contributed by atoms with Gasteiger partial charge in [0.25, 0.3) is 0 Å². The predicted molar refractivity (Wildman–Crippen MR) is 156 cm³/mol. The number of aryl methyl sites for hydroxylation is 1. The Balaban J connectivity index is 1.77. The van der Waals surface area contributed by atoms with Crippen LogP contribution >= 0.6 is 23.2 Å². The largest absolute Gasteiger partial charge is 0.465 e. The average molecular weight is 610 g/mol. The van der Waals surface area contributed by atoms with Gasteiger partial charge in [-0.05, 0) is 49.3 Å². The van der Waals surface area contributed by atoms with E-state index in [4.69, 9.17) is 27.9 Å². The highest BCUT2D eigenvalue weighted by molar-refractivity contribution is 6.38. The quantitative estimate of drug-likeness (QED) is 0.251. The molecule has 6 atom stereocenters. The molecule has 0 saturated heterocycles. The second-order valence-corrected chi connectivity index (χ2v) is 12.2. The van der Waals surface area contributed by atoms with Gasteiger partial charge < -0.3 is 30.8 Å². The van der Waals surface area contributed by atoms with E-state index in [0.717, 1.165) is 23.1 Å². The zero-order valence-electron chi connectivity index (χ0n) is 23.9. The van der Waals surface area contributed by atoms with E-state index >= 15 is 0 Å². The summed E-state index contributed by atoms with van der Waals surface area (Å²) >= 11 is 12.8. The molecule has 0 spiro atoms. The van der Waals surface area contributed by atoms with Crippen LogP contribution in [-0.2, 0) is 27.2 Å². The van der Waals surface area contributed by atoms with Crippen molar-refractivity contribution in [3.05, 3.63) is 33.4 Å². The Morgan fingerprint density at radius 1 is 1.15 bits per heavy atom. The molecule has 41 heavy (non-hydrogen) atoms. The van der Waals surface area contributed by atoms with Crippen LogP contribution in [0.3, 0.4) is 0 Å². The van der Waals surface area contributed by atoms with Crippen molar-refractivity contribution in [3.8, 4) is 0 Å². The van der Waals surface area contributed by atoms with Gasteiger partial charge in [0.1, 0.15) is 11.6 Å². The van der Waals surface area contributed by atoms with E-state index in [1.165, 1.54) is 0 Å². The number of rotatable bonds is 10. The molecule has 2 aromatic rings. The first kappa shape index (κ1) is 31.1. The molecule has 0 saturated carbocycles. The number of hydrogen-bond donors (Lipinski definition) is 5. The van der Waals surface area contributed by atoms with Gasteiger partial charge in [0.2, 0.25) is 11.8 Å². The van der Waals surface area contributed by atoms with E-state index < -0.39 is 41.3 Å². The summed E-state index contributed by atoms with van der Waals surface area (Å²) in [5, 5.41) is 27.9. The zero-order chi connectivity index (χ0) is 30.1. The number of benzene rings is 1. The number of halogens is 2. The summed E-state index contributed by atoms with van der Waals surface area (Å²) in [4.78, 5) is 43.1. The second kappa shape index (κ2) is 12.1. The number of aromatic amines is 1. The number of hydrogen-bond acceptors (Lipinski definition) is 6. The summed E-state index contributed by atoms with van der Waals surface area (Å²) in [6.45, 7) is 9.55. The Hall–Kier alpha value is -2.89. The Morgan fingerprint density at radius 3 is 2.46 bits per heavy atom. The molecule has 1 aliphatic carbocycles. The fraction of sp³-hybridized carbons (Fsp3) is 0.607. The maximum absolute atomic E-state index is 14.4. The molecule has 11 nitrogen and oxygen atoms in total. The fourth-order valence-electron chi connectivity index (χ4n) is 5.81. The number of nitrogens with one attached hydrogen (secondary N) is 4. The fourth-order valence-corrected chi connectivity index (χ4v) is 6.35. The molecule has 3 unspecified atom stereocenters. The summed E-state index contributed by atoms with van der Waals surface area (Å²) < 4.78 is 5.84. The van der Waals surface area contributed by atoms with Crippen molar-refractivity contribution >= 4 is 52.0 Å². The van der Waals surface area contributed by atoms with Crippen LogP contribution in [0, 0.1) is 11.8 Å². The standard InChI is InChI=1S/C28H38Cl2N6O5/c1-6-14(3)21(33-26(39)40)24(37)35-28(25(38)34-23(15(4)7-2)27(5)36-31-13-41-27)9-8-20-18(12-28)17-10-16(29)11-19(30)22(17)32-20/h10-11,14-15,21,23,32-33H,6-9,12-13H2,1-5H3,(H,34,38)(H,35,37)(H,39,40)/t14?,15?,21-,23-,27?,28+/m0/s1. The predicted octanol–water partition coefficient (Wildman–Crippen LogP) is 5.19. The number of carbonyl (C=O) groups is 3. The van der Waals surface area contributed by atoms with Crippen LogP contribution in [0.5, 0.6) is 0 Å². The molecule has 0 radical (unpaired) electrons. The first-order valence-corrected chi connectivity index (χ1v) is 14.7. The molecule has 4 rings (SSSR count). The third kappa shape index (κ3) is 6.17. The lowest BCUT2D eigenvalue weighted by atomic mass is 9.77. The second-order valence-electron chi connectivity index (χ2n) is 11.4. The third-order valence-corrected chi connectivity index (χ3v) is 9.15. The number of H-pyrrole nitrogens is 1. The normalized spacial score (nSPS) is 24.8. The molecule has 1 aromatic carbocycles. The van der Waals surface area contributed by atoms with E-state index in [0.29, 0.717) is 28.4 Å². The lowest BCUT2D eigenvalue weighted by Crippen LogP contribution is -2.67. The third-order valence-electron chi connectivity index (χ3n) is 8.63. The van der Waals surface area contributed by atoms with Crippen molar-refractivity contribution in [3.63, 3.8) is 0 Å². The summed E-state index contributed by atoms with van der Waals surface area (Å²) in [5.41, 5.74) is -0.0408. The molecule has 0 bridgehead atoms. The molecule has 13 heteroatoms. The molecule has 1 aromatic heterocycles. The van der Waals surface area contributed by atoms with Gasteiger partial charge in [-0.3, -0.25) is 9.59 Å². The van der Waals surface area contributed by atoms with Crippen molar-refractivity contribution in [2.75, 3.05) is 6.73 Å². The van der Waals surface area contributed by atoms with E-state index in [-0.39, 0.29) is 31.4 Å². The Kier molecular flexibility index (Phi) is 9.20. The maximum atomic E-state index is 14.4. The van der Waals surface area contributed by atoms with E-state index in [1.54, 1.807) is 26.0 Å². The van der Waals surface area contributed by atoms with Gasteiger partial charge in [0, 0.05) is 22.5 Å². The number of azo groups is 1. The molecular formula is C28H38Cl2N6O5. The van der Waals surface area contributed by atoms with Crippen LogP contribution in [0.2, 0.25) is 10.0 Å². The summed E-state index contributed by atoms with van der Waals surface area (Å²) in [7, 11) is 0. The Bertz CT molecular complexity index is 1370. The van der Waals surface area contributed by atoms with Crippen molar-refractivity contribution in [1.82, 2.24) is 20.9 Å². The van der Waals surface area contributed by atoms with Gasteiger partial charge in [-0.2, -0.15) is 10.2 Å². The van der Waals surface area contributed by atoms with Gasteiger partial charge >= 0.3 is 6.09 Å². The maximum Gasteiger partial charge on any atom is 0.405 e. The minimum atomic E-state index is -1.41. The van der Waals surface area contributed by atoms with Crippen molar-refractivity contribution in [2.45, 2.75) is 90.1 Å². The van der Waals surface area contributed by atoms with Crippen LogP contribution in [0.25, 0.3) is 10.9 Å². The van der Waals surface area contributed by atoms with Gasteiger partial charge in [-0.1, -0.05) is 63.7 Å². The number of fused-ring (bicyclic) bond motifs is 3. The molecule has 2 aliphatic rings. The van der Waals surface area contributed by atoms with E-state index in [9.17, 15) is 19.5 Å².